The molecule has 0 unspecified atom stereocenters. The third kappa shape index (κ3) is 4.20. The Morgan fingerprint density at radius 1 is 1.45 bits per heavy atom. The monoisotopic (exact) mass is 282 g/mol. The summed E-state index contributed by atoms with van der Waals surface area (Å²) >= 11 is 0. The van der Waals surface area contributed by atoms with Gasteiger partial charge in [0.1, 0.15) is 5.82 Å². The summed E-state index contributed by atoms with van der Waals surface area (Å²) in [6, 6.07) is 2.77. The summed E-state index contributed by atoms with van der Waals surface area (Å²) in [7, 11) is 1.58. The van der Waals surface area contributed by atoms with Crippen LogP contribution in [0, 0.1) is 18.7 Å². The molecule has 0 fully saturated rings. The Morgan fingerprint density at radius 2 is 2.10 bits per heavy atom. The molecule has 0 spiro atoms. The quantitative estimate of drug-likeness (QED) is 0.815. The Kier molecular flexibility index (Phi) is 5.95. The molecule has 1 rings (SSSR count). The van der Waals surface area contributed by atoms with Crippen molar-refractivity contribution in [3.63, 3.8) is 0 Å². The Morgan fingerprint density at radius 3 is 2.60 bits per heavy atom. The number of nitrogens with two attached hydrogens (primary N) is 1. The number of anilines is 1. The van der Waals surface area contributed by atoms with Crippen LogP contribution in [0.25, 0.3) is 0 Å². The number of methoxy groups -OCH3 is 1. The maximum Gasteiger partial charge on any atom is 0.254 e. The smallest absolute Gasteiger partial charge is 0.254 e. The molecular weight excluding hydrogens is 259 g/mol. The highest BCUT2D eigenvalue weighted by Crippen LogP contribution is 2.19. The molecule has 0 saturated carbocycles. The van der Waals surface area contributed by atoms with Gasteiger partial charge in [-0.25, -0.2) is 4.39 Å². The second kappa shape index (κ2) is 7.24. The van der Waals surface area contributed by atoms with E-state index in [4.69, 9.17) is 10.5 Å². The molecule has 2 N–H and O–H groups in total. The van der Waals surface area contributed by atoms with E-state index >= 15 is 0 Å². The largest absolute Gasteiger partial charge is 0.398 e. The summed E-state index contributed by atoms with van der Waals surface area (Å²) < 4.78 is 18.7. The summed E-state index contributed by atoms with van der Waals surface area (Å²) in [6.45, 7) is 7.16. The van der Waals surface area contributed by atoms with Gasteiger partial charge in [0.15, 0.2) is 0 Å². The fraction of sp³-hybridized carbons (Fsp3) is 0.533. The zero-order valence-corrected chi connectivity index (χ0v) is 12.6. The number of halogens is 1. The molecule has 1 amide bonds. The van der Waals surface area contributed by atoms with Crippen LogP contribution in [0.2, 0.25) is 0 Å². The number of nitrogen functional groups attached to an aromatic ring is 1. The number of rotatable bonds is 6. The number of carbonyl (C=O) groups excluding carboxylic acids is 1. The van der Waals surface area contributed by atoms with Crippen LogP contribution in [0.4, 0.5) is 10.1 Å². The van der Waals surface area contributed by atoms with Gasteiger partial charge in [-0.15, -0.1) is 0 Å². The van der Waals surface area contributed by atoms with Crippen molar-refractivity contribution < 1.29 is 13.9 Å². The van der Waals surface area contributed by atoms with Crippen molar-refractivity contribution in [3.05, 3.63) is 29.1 Å². The highest BCUT2D eigenvalue weighted by molar-refractivity contribution is 5.95. The van der Waals surface area contributed by atoms with E-state index in [1.807, 2.05) is 13.8 Å². The SMILES string of the molecule is COCCN(CC(C)C)C(=O)c1cc(N)c(C)c(F)c1. The molecule has 0 aliphatic rings. The Labute approximate surface area is 119 Å². The number of nitrogens with zero attached hydrogens (tertiary/aromatic N) is 1. The van der Waals surface area contributed by atoms with Gasteiger partial charge in [-0.2, -0.15) is 0 Å². The standard InChI is InChI=1S/C15H23FN2O2/c1-10(2)9-18(5-6-20-4)15(19)12-7-13(16)11(3)14(17)8-12/h7-8,10H,5-6,9,17H2,1-4H3. The number of carbonyl (C=O) groups is 1. The van der Waals surface area contributed by atoms with Crippen LogP contribution in [-0.2, 0) is 4.74 Å². The van der Waals surface area contributed by atoms with Crippen molar-refractivity contribution >= 4 is 11.6 Å². The van der Waals surface area contributed by atoms with E-state index < -0.39 is 5.82 Å². The molecule has 0 atom stereocenters. The van der Waals surface area contributed by atoms with Gasteiger partial charge in [0.05, 0.1) is 6.61 Å². The van der Waals surface area contributed by atoms with Crippen LogP contribution in [0.1, 0.15) is 29.8 Å². The molecule has 4 nitrogen and oxygen atoms in total. The number of ether oxygens (including phenoxy) is 1. The van der Waals surface area contributed by atoms with E-state index in [0.29, 0.717) is 36.9 Å². The molecule has 0 bridgehead atoms. The fourth-order valence-electron chi connectivity index (χ4n) is 1.92. The number of amides is 1. The first-order valence-corrected chi connectivity index (χ1v) is 6.70. The van der Waals surface area contributed by atoms with Crippen LogP contribution in [-0.4, -0.2) is 37.6 Å². The maximum atomic E-state index is 13.7. The summed E-state index contributed by atoms with van der Waals surface area (Å²) in [5.74, 6) is -0.352. The minimum Gasteiger partial charge on any atom is -0.398 e. The summed E-state index contributed by atoms with van der Waals surface area (Å²) in [6.07, 6.45) is 0. The van der Waals surface area contributed by atoms with Gasteiger partial charge in [-0.1, -0.05) is 13.8 Å². The van der Waals surface area contributed by atoms with Crippen molar-refractivity contribution in [2.45, 2.75) is 20.8 Å². The molecular formula is C15H23FN2O2. The predicted octanol–water partition coefficient (Wildman–Crippen LogP) is 2.46. The molecule has 112 valence electrons. The summed E-state index contributed by atoms with van der Waals surface area (Å²) in [5, 5.41) is 0. The summed E-state index contributed by atoms with van der Waals surface area (Å²) in [5.41, 5.74) is 6.67. The van der Waals surface area contributed by atoms with E-state index in [-0.39, 0.29) is 11.5 Å². The second-order valence-corrected chi connectivity index (χ2v) is 5.31. The van der Waals surface area contributed by atoms with Crippen molar-refractivity contribution in [1.82, 2.24) is 4.90 Å². The first-order valence-electron chi connectivity index (χ1n) is 6.70. The third-order valence-electron chi connectivity index (χ3n) is 3.07. The van der Waals surface area contributed by atoms with Crippen molar-refractivity contribution in [2.24, 2.45) is 5.92 Å². The lowest BCUT2D eigenvalue weighted by atomic mass is 10.1. The Bertz CT molecular complexity index is 452. The van der Waals surface area contributed by atoms with Gasteiger partial charge in [-0.05, 0) is 25.0 Å². The molecule has 0 aromatic heterocycles. The topological polar surface area (TPSA) is 55.6 Å². The van der Waals surface area contributed by atoms with E-state index in [2.05, 4.69) is 0 Å². The zero-order chi connectivity index (χ0) is 15.3. The molecule has 20 heavy (non-hydrogen) atoms. The van der Waals surface area contributed by atoms with Crippen LogP contribution < -0.4 is 5.73 Å². The van der Waals surface area contributed by atoms with Crippen molar-refractivity contribution in [2.75, 3.05) is 32.5 Å². The Hall–Kier alpha value is -1.62. The molecule has 5 heteroatoms. The van der Waals surface area contributed by atoms with Crippen molar-refractivity contribution in [1.29, 1.82) is 0 Å². The van der Waals surface area contributed by atoms with Gasteiger partial charge in [0.25, 0.3) is 5.91 Å². The van der Waals surface area contributed by atoms with Gasteiger partial charge in [0, 0.05) is 37.0 Å². The van der Waals surface area contributed by atoms with Crippen LogP contribution in [0.15, 0.2) is 12.1 Å². The lowest BCUT2D eigenvalue weighted by Crippen LogP contribution is -2.36. The van der Waals surface area contributed by atoms with Gasteiger partial charge < -0.3 is 15.4 Å². The number of benzene rings is 1. The minimum absolute atomic E-state index is 0.221. The first kappa shape index (κ1) is 16.4. The van der Waals surface area contributed by atoms with E-state index in [1.54, 1.807) is 18.9 Å². The third-order valence-corrected chi connectivity index (χ3v) is 3.07. The highest BCUT2D eigenvalue weighted by atomic mass is 19.1. The molecule has 0 heterocycles. The van der Waals surface area contributed by atoms with E-state index in [9.17, 15) is 9.18 Å². The average molecular weight is 282 g/mol. The van der Waals surface area contributed by atoms with Crippen molar-refractivity contribution in [3.8, 4) is 0 Å². The van der Waals surface area contributed by atoms with Gasteiger partial charge in [0.2, 0.25) is 0 Å². The fourth-order valence-corrected chi connectivity index (χ4v) is 1.92. The molecule has 0 saturated heterocycles. The van der Waals surface area contributed by atoms with E-state index in [1.165, 1.54) is 12.1 Å². The summed E-state index contributed by atoms with van der Waals surface area (Å²) in [4.78, 5) is 14.1. The second-order valence-electron chi connectivity index (χ2n) is 5.31. The molecule has 1 aromatic carbocycles. The first-order chi connectivity index (χ1) is 9.36. The molecule has 1 aromatic rings. The normalized spacial score (nSPS) is 10.9. The molecule has 0 aliphatic heterocycles. The van der Waals surface area contributed by atoms with E-state index in [0.717, 1.165) is 0 Å². The highest BCUT2D eigenvalue weighted by Gasteiger charge is 2.18. The number of hydrogen-bond donors (Lipinski definition) is 1. The van der Waals surface area contributed by atoms with Gasteiger partial charge >= 0.3 is 0 Å². The lowest BCUT2D eigenvalue weighted by molar-refractivity contribution is 0.0672. The van der Waals surface area contributed by atoms with Crippen LogP contribution in [0.3, 0.4) is 0 Å². The lowest BCUT2D eigenvalue weighted by Gasteiger charge is -2.24. The van der Waals surface area contributed by atoms with Crippen LogP contribution in [0.5, 0.6) is 0 Å². The molecule has 0 aliphatic carbocycles. The van der Waals surface area contributed by atoms with Crippen LogP contribution >= 0.6 is 0 Å². The zero-order valence-electron chi connectivity index (χ0n) is 12.6. The van der Waals surface area contributed by atoms with Gasteiger partial charge in [-0.3, -0.25) is 4.79 Å². The number of hydrogen-bond acceptors (Lipinski definition) is 3. The minimum atomic E-state index is -0.454. The average Bonchev–Trinajstić information content (AvgIpc) is 2.39. The maximum absolute atomic E-state index is 13.7. The molecule has 0 radical (unpaired) electrons. The Balaban J connectivity index is 2.98. The predicted molar refractivity (Wildman–Crippen MR) is 78.2 cm³/mol.